The first-order valence-corrected chi connectivity index (χ1v) is 7.03. The Morgan fingerprint density at radius 3 is 2.63 bits per heavy atom. The second-order valence-corrected chi connectivity index (χ2v) is 6.30. The van der Waals surface area contributed by atoms with E-state index in [1.807, 2.05) is 0 Å². The molecule has 0 saturated carbocycles. The third kappa shape index (κ3) is 3.98. The largest absolute Gasteiger partial charge is 0.363 e. The van der Waals surface area contributed by atoms with Gasteiger partial charge in [0.2, 0.25) is 21.0 Å². The van der Waals surface area contributed by atoms with Gasteiger partial charge in [0.15, 0.2) is 0 Å². The van der Waals surface area contributed by atoms with E-state index in [2.05, 4.69) is 15.3 Å². The summed E-state index contributed by atoms with van der Waals surface area (Å²) in [6, 6.07) is 0. The van der Waals surface area contributed by atoms with Gasteiger partial charge in [-0.25, -0.2) is 22.7 Å². The molecule has 0 unspecified atom stereocenters. The van der Waals surface area contributed by atoms with Gasteiger partial charge in [0.1, 0.15) is 6.33 Å². The summed E-state index contributed by atoms with van der Waals surface area (Å²) in [7, 11) is -0.583. The monoisotopic (exact) mass is 309 g/mol. The van der Waals surface area contributed by atoms with Crippen molar-refractivity contribution in [2.45, 2.75) is 0 Å². The molecule has 0 fully saturated rings. The first kappa shape index (κ1) is 15.5. The summed E-state index contributed by atoms with van der Waals surface area (Å²) in [4.78, 5) is 17.2. The molecular weight excluding hydrogens is 298 g/mol. The number of nitrogens with zero attached hydrogens (tertiary/aromatic N) is 4. The van der Waals surface area contributed by atoms with Gasteiger partial charge in [0.05, 0.1) is 10.7 Å². The Morgan fingerprint density at radius 1 is 1.47 bits per heavy atom. The summed E-state index contributed by atoms with van der Waals surface area (Å²) in [6.07, 6.45) is 1.05. The van der Waals surface area contributed by atoms with Crippen LogP contribution in [0, 0.1) is 10.1 Å². The Balaban J connectivity index is 2.80. The average molecular weight is 310 g/mol. The van der Waals surface area contributed by atoms with Gasteiger partial charge in [-0.15, -0.1) is 0 Å². The molecule has 0 radical (unpaired) electrons. The fourth-order valence-corrected chi connectivity index (χ4v) is 2.06. The number of sulfonamides is 1. The maximum atomic E-state index is 11.5. The zero-order valence-corrected chi connectivity index (χ0v) is 11.8. The van der Waals surface area contributed by atoms with Crippen molar-refractivity contribution in [3.05, 3.63) is 21.6 Å². The summed E-state index contributed by atoms with van der Waals surface area (Å²) < 4.78 is 24.1. The Bertz CT molecular complexity index is 577. The van der Waals surface area contributed by atoms with Gasteiger partial charge in [0.25, 0.3) is 0 Å². The van der Waals surface area contributed by atoms with E-state index >= 15 is 0 Å². The maximum absolute atomic E-state index is 11.5. The fourth-order valence-electron chi connectivity index (χ4n) is 1.13. The van der Waals surface area contributed by atoms with Crippen LogP contribution < -0.4 is 5.32 Å². The molecule has 0 amide bonds. The first-order valence-electron chi connectivity index (χ1n) is 5.04. The number of nitro groups is 1. The van der Waals surface area contributed by atoms with Crippen LogP contribution in [-0.2, 0) is 10.0 Å². The molecule has 106 valence electrons. The predicted octanol–water partition coefficient (Wildman–Crippen LogP) is 0.342. The van der Waals surface area contributed by atoms with E-state index in [1.54, 1.807) is 0 Å². The third-order valence-electron chi connectivity index (χ3n) is 2.17. The van der Waals surface area contributed by atoms with Crippen molar-refractivity contribution in [2.24, 2.45) is 0 Å². The topological polar surface area (TPSA) is 118 Å². The van der Waals surface area contributed by atoms with Crippen molar-refractivity contribution in [1.82, 2.24) is 14.3 Å². The van der Waals surface area contributed by atoms with Gasteiger partial charge >= 0.3 is 5.69 Å². The van der Waals surface area contributed by atoms with Crippen molar-refractivity contribution in [3.8, 4) is 0 Å². The lowest BCUT2D eigenvalue weighted by atomic mass is 10.5. The zero-order chi connectivity index (χ0) is 14.6. The van der Waals surface area contributed by atoms with Crippen LogP contribution in [0.15, 0.2) is 6.33 Å². The number of nitrogens with one attached hydrogen (secondary N) is 1. The van der Waals surface area contributed by atoms with Gasteiger partial charge in [-0.05, 0) is 0 Å². The highest BCUT2D eigenvalue weighted by atomic mass is 35.5. The van der Waals surface area contributed by atoms with Crippen molar-refractivity contribution >= 4 is 33.1 Å². The molecule has 1 rings (SSSR count). The molecule has 0 aromatic carbocycles. The summed E-state index contributed by atoms with van der Waals surface area (Å²) in [5.74, 6) is -0.336. The molecule has 0 bridgehead atoms. The fraction of sp³-hybridized carbons (Fsp3) is 0.500. The highest BCUT2D eigenvalue weighted by Crippen LogP contribution is 2.27. The minimum atomic E-state index is -3.39. The van der Waals surface area contributed by atoms with Gasteiger partial charge < -0.3 is 5.32 Å². The first-order chi connectivity index (χ1) is 8.75. The average Bonchev–Trinajstić information content (AvgIpc) is 2.27. The van der Waals surface area contributed by atoms with Gasteiger partial charge in [-0.1, -0.05) is 11.6 Å². The van der Waals surface area contributed by atoms with Crippen LogP contribution in [0.5, 0.6) is 0 Å². The summed E-state index contributed by atoms with van der Waals surface area (Å²) in [6.45, 7) is -0.0330. The van der Waals surface area contributed by atoms with Crippen LogP contribution in [0.25, 0.3) is 0 Å². The normalized spacial score (nSPS) is 11.6. The maximum Gasteiger partial charge on any atom is 0.348 e. The standard InChI is InChI=1S/C8H12ClN5O4S/c1-13(2)19(17,18)4-3-10-8-6(14(15)16)7(9)11-5-12-8/h5H,3-4H2,1-2H3,(H,10,11,12). The lowest BCUT2D eigenvalue weighted by Gasteiger charge is -2.11. The number of hydrogen-bond acceptors (Lipinski definition) is 7. The molecule has 0 aliphatic carbocycles. The minimum absolute atomic E-state index is 0.0330. The summed E-state index contributed by atoms with van der Waals surface area (Å²) in [5.41, 5.74) is -0.480. The Hall–Kier alpha value is -1.52. The van der Waals surface area contributed by atoms with E-state index in [0.717, 1.165) is 10.6 Å². The molecule has 1 aromatic rings. The Labute approximate surface area is 114 Å². The molecule has 1 aromatic heterocycles. The van der Waals surface area contributed by atoms with Crippen LogP contribution in [0.1, 0.15) is 0 Å². The van der Waals surface area contributed by atoms with Crippen molar-refractivity contribution in [3.63, 3.8) is 0 Å². The van der Waals surface area contributed by atoms with E-state index < -0.39 is 20.6 Å². The highest BCUT2D eigenvalue weighted by Gasteiger charge is 2.22. The van der Waals surface area contributed by atoms with Crippen molar-refractivity contribution < 1.29 is 13.3 Å². The number of aromatic nitrogens is 2. The third-order valence-corrected chi connectivity index (χ3v) is 4.28. The molecule has 0 aliphatic heterocycles. The molecule has 19 heavy (non-hydrogen) atoms. The van der Waals surface area contributed by atoms with Gasteiger partial charge in [0, 0.05) is 20.6 Å². The van der Waals surface area contributed by atoms with Gasteiger partial charge in [-0.2, -0.15) is 0 Å². The lowest BCUT2D eigenvalue weighted by molar-refractivity contribution is -0.384. The zero-order valence-electron chi connectivity index (χ0n) is 10.2. The second-order valence-electron chi connectivity index (χ2n) is 3.64. The van der Waals surface area contributed by atoms with E-state index in [-0.39, 0.29) is 23.3 Å². The van der Waals surface area contributed by atoms with E-state index in [1.165, 1.54) is 14.1 Å². The Morgan fingerprint density at radius 2 is 2.11 bits per heavy atom. The van der Waals surface area contributed by atoms with Crippen molar-refractivity contribution in [2.75, 3.05) is 31.7 Å². The lowest BCUT2D eigenvalue weighted by Crippen LogP contribution is -2.28. The van der Waals surface area contributed by atoms with Crippen LogP contribution in [-0.4, -0.2) is 54.0 Å². The van der Waals surface area contributed by atoms with Crippen LogP contribution in [0.2, 0.25) is 5.15 Å². The Kier molecular flexibility index (Phi) is 4.97. The van der Waals surface area contributed by atoms with Crippen LogP contribution in [0.4, 0.5) is 11.5 Å². The molecule has 0 spiro atoms. The number of anilines is 1. The molecule has 0 aliphatic rings. The second kappa shape index (κ2) is 6.08. The molecular formula is C8H12ClN5O4S. The molecule has 1 heterocycles. The van der Waals surface area contributed by atoms with Crippen molar-refractivity contribution in [1.29, 1.82) is 0 Å². The SMILES string of the molecule is CN(C)S(=O)(=O)CCNc1ncnc(Cl)c1[N+](=O)[O-]. The number of rotatable bonds is 6. The molecule has 0 atom stereocenters. The van der Waals surface area contributed by atoms with Gasteiger partial charge in [-0.3, -0.25) is 10.1 Å². The minimum Gasteiger partial charge on any atom is -0.363 e. The molecule has 1 N–H and O–H groups in total. The quantitative estimate of drug-likeness (QED) is 0.457. The number of halogens is 1. The molecule has 9 nitrogen and oxygen atoms in total. The van der Waals surface area contributed by atoms with Crippen LogP contribution in [0.3, 0.4) is 0 Å². The highest BCUT2D eigenvalue weighted by molar-refractivity contribution is 7.89. The number of hydrogen-bond donors (Lipinski definition) is 1. The predicted molar refractivity (Wildman–Crippen MR) is 69.7 cm³/mol. The van der Waals surface area contributed by atoms with E-state index in [9.17, 15) is 18.5 Å². The van der Waals surface area contributed by atoms with Crippen LogP contribution >= 0.6 is 11.6 Å². The van der Waals surface area contributed by atoms with E-state index in [0.29, 0.717) is 0 Å². The molecule has 0 saturated heterocycles. The summed E-state index contributed by atoms with van der Waals surface area (Å²) >= 11 is 5.58. The smallest absolute Gasteiger partial charge is 0.348 e. The molecule has 11 heteroatoms. The van der Waals surface area contributed by atoms with E-state index in [4.69, 9.17) is 11.6 Å². The summed E-state index contributed by atoms with van der Waals surface area (Å²) in [5, 5.41) is 13.0.